The molecule has 2 nitrogen and oxygen atoms in total. The smallest absolute Gasteiger partial charge is 0.321 e. The van der Waals surface area contributed by atoms with E-state index in [1.54, 1.807) is 7.11 Å². The highest BCUT2D eigenvalue weighted by molar-refractivity contribution is 6.90. The maximum absolute atomic E-state index is 6.24. The van der Waals surface area contributed by atoms with Crippen LogP contribution in [0, 0.1) is 12.3 Å². The summed E-state index contributed by atoms with van der Waals surface area (Å²) in [4.78, 5) is 0. The molecule has 1 rings (SSSR count). The van der Waals surface area contributed by atoms with Crippen LogP contribution in [0.3, 0.4) is 0 Å². The van der Waals surface area contributed by atoms with Gasteiger partial charge < -0.3 is 8.54 Å². The fourth-order valence-corrected chi connectivity index (χ4v) is 8.37. The van der Waals surface area contributed by atoms with Gasteiger partial charge in [-0.05, 0) is 43.5 Å². The first kappa shape index (κ1) is 14.2. The molecule has 0 N–H and O–H groups in total. The molecule has 1 aromatic rings. The van der Waals surface area contributed by atoms with Crippen molar-refractivity contribution in [2.24, 2.45) is 0 Å². The highest BCUT2D eigenvalue weighted by atomic mass is 28.4. The van der Waals surface area contributed by atoms with Crippen molar-refractivity contribution >= 4 is 22.1 Å². The monoisotopic (exact) mass is 264 g/mol. The predicted molar refractivity (Wildman–Crippen MR) is 77.1 cm³/mol. The third-order valence-electron chi connectivity index (χ3n) is 2.74. The standard InChI is InChI=1S/C13H20O2Si2/c1-7-12-8-10-13(11-9-12)16(3,4)15-17(5,6)14-2/h1,8-11H,2-6H3. The van der Waals surface area contributed by atoms with Gasteiger partial charge in [-0.15, -0.1) is 6.42 Å². The van der Waals surface area contributed by atoms with Gasteiger partial charge in [-0.1, -0.05) is 18.1 Å². The molecule has 0 spiro atoms. The average molecular weight is 264 g/mol. The van der Waals surface area contributed by atoms with Crippen LogP contribution < -0.4 is 5.19 Å². The molecule has 0 aliphatic carbocycles. The van der Waals surface area contributed by atoms with E-state index in [2.05, 4.69) is 44.2 Å². The highest BCUT2D eigenvalue weighted by Crippen LogP contribution is 2.15. The Labute approximate surface area is 106 Å². The van der Waals surface area contributed by atoms with Gasteiger partial charge in [0.05, 0.1) is 0 Å². The lowest BCUT2D eigenvalue weighted by atomic mass is 10.2. The van der Waals surface area contributed by atoms with Gasteiger partial charge in [-0.2, -0.15) is 0 Å². The number of hydrogen-bond acceptors (Lipinski definition) is 2. The Morgan fingerprint density at radius 3 is 2.00 bits per heavy atom. The Balaban J connectivity index is 2.93. The summed E-state index contributed by atoms with van der Waals surface area (Å²) < 4.78 is 11.7. The summed E-state index contributed by atoms with van der Waals surface area (Å²) in [6.45, 7) is 8.51. The molecule has 0 saturated carbocycles. The van der Waals surface area contributed by atoms with Crippen LogP contribution in [0.15, 0.2) is 24.3 Å². The molecule has 0 unspecified atom stereocenters. The molecule has 0 amide bonds. The maximum Gasteiger partial charge on any atom is 0.321 e. The minimum Gasteiger partial charge on any atom is -0.432 e. The van der Waals surface area contributed by atoms with Gasteiger partial charge in [0.25, 0.3) is 0 Å². The first-order valence-electron chi connectivity index (χ1n) is 5.63. The van der Waals surface area contributed by atoms with Gasteiger partial charge in [0.2, 0.25) is 8.32 Å². The van der Waals surface area contributed by atoms with Crippen molar-refractivity contribution < 1.29 is 8.54 Å². The predicted octanol–water partition coefficient (Wildman–Crippen LogP) is 2.44. The molecule has 0 fully saturated rings. The molecule has 17 heavy (non-hydrogen) atoms. The molecule has 0 saturated heterocycles. The largest absolute Gasteiger partial charge is 0.432 e. The van der Waals surface area contributed by atoms with E-state index >= 15 is 0 Å². The molecule has 92 valence electrons. The molecular weight excluding hydrogens is 244 g/mol. The van der Waals surface area contributed by atoms with Gasteiger partial charge in [-0.25, -0.2) is 0 Å². The van der Waals surface area contributed by atoms with Crippen LogP contribution in [0.25, 0.3) is 0 Å². The SMILES string of the molecule is C#Cc1ccc([Si](C)(C)O[Si](C)(C)OC)cc1. The van der Waals surface area contributed by atoms with Crippen molar-refractivity contribution in [1.82, 2.24) is 0 Å². The van der Waals surface area contributed by atoms with E-state index in [0.29, 0.717) is 0 Å². The van der Waals surface area contributed by atoms with Crippen LogP contribution in [0.5, 0.6) is 0 Å². The number of rotatable bonds is 4. The average Bonchev–Trinajstić information content (AvgIpc) is 2.28. The van der Waals surface area contributed by atoms with Crippen LogP contribution >= 0.6 is 0 Å². The van der Waals surface area contributed by atoms with Crippen molar-refractivity contribution in [1.29, 1.82) is 0 Å². The second-order valence-electron chi connectivity index (χ2n) is 4.94. The van der Waals surface area contributed by atoms with Gasteiger partial charge >= 0.3 is 8.56 Å². The van der Waals surface area contributed by atoms with E-state index in [1.165, 1.54) is 5.19 Å². The molecule has 0 heterocycles. The fourth-order valence-electron chi connectivity index (χ4n) is 1.68. The first-order valence-corrected chi connectivity index (χ1v) is 11.4. The Hall–Kier alpha value is -0.866. The van der Waals surface area contributed by atoms with Crippen LogP contribution in [0.4, 0.5) is 0 Å². The number of hydrogen-bond donors (Lipinski definition) is 0. The van der Waals surface area contributed by atoms with Gasteiger partial charge in [-0.3, -0.25) is 0 Å². The third kappa shape index (κ3) is 3.82. The van der Waals surface area contributed by atoms with Gasteiger partial charge in [0.1, 0.15) is 0 Å². The zero-order valence-electron chi connectivity index (χ0n) is 11.2. The topological polar surface area (TPSA) is 18.5 Å². The summed E-state index contributed by atoms with van der Waals surface area (Å²) in [6.07, 6.45) is 5.35. The molecule has 0 atom stereocenters. The zero-order chi connectivity index (χ0) is 13.1. The highest BCUT2D eigenvalue weighted by Gasteiger charge is 2.35. The molecule has 0 aliphatic rings. The van der Waals surface area contributed by atoms with Gasteiger partial charge in [0.15, 0.2) is 0 Å². The first-order chi connectivity index (χ1) is 7.80. The van der Waals surface area contributed by atoms with Crippen molar-refractivity contribution in [3.63, 3.8) is 0 Å². The minimum absolute atomic E-state index is 0.904. The van der Waals surface area contributed by atoms with Crippen LogP contribution in [-0.4, -0.2) is 24.0 Å². The van der Waals surface area contributed by atoms with Crippen molar-refractivity contribution in [2.75, 3.05) is 7.11 Å². The van der Waals surface area contributed by atoms with Crippen molar-refractivity contribution in [2.45, 2.75) is 26.2 Å². The summed E-state index contributed by atoms with van der Waals surface area (Å²) in [5.74, 6) is 2.62. The lowest BCUT2D eigenvalue weighted by Crippen LogP contribution is -2.53. The zero-order valence-corrected chi connectivity index (χ0v) is 13.2. The van der Waals surface area contributed by atoms with Crippen LogP contribution in [-0.2, 0) is 8.54 Å². The Morgan fingerprint density at radius 1 is 1.06 bits per heavy atom. The van der Waals surface area contributed by atoms with E-state index in [0.717, 1.165) is 5.56 Å². The van der Waals surface area contributed by atoms with E-state index in [4.69, 9.17) is 15.0 Å². The normalized spacial score (nSPS) is 12.2. The maximum atomic E-state index is 6.24. The molecular formula is C13H20O2Si2. The Bertz CT molecular complexity index is 416. The molecule has 0 radical (unpaired) electrons. The summed E-state index contributed by atoms with van der Waals surface area (Å²) in [5, 5.41) is 1.24. The molecule has 0 aliphatic heterocycles. The lowest BCUT2D eigenvalue weighted by Gasteiger charge is -2.32. The number of terminal acetylenes is 1. The molecule has 1 aromatic carbocycles. The van der Waals surface area contributed by atoms with Crippen LogP contribution in [0.2, 0.25) is 26.2 Å². The van der Waals surface area contributed by atoms with E-state index in [1.807, 2.05) is 12.1 Å². The Kier molecular flexibility index (Phi) is 4.33. The Morgan fingerprint density at radius 2 is 1.59 bits per heavy atom. The van der Waals surface area contributed by atoms with E-state index in [-0.39, 0.29) is 0 Å². The second-order valence-corrected chi connectivity index (χ2v) is 12.6. The van der Waals surface area contributed by atoms with Gasteiger partial charge in [0, 0.05) is 12.7 Å². The quantitative estimate of drug-likeness (QED) is 0.614. The van der Waals surface area contributed by atoms with Crippen molar-refractivity contribution in [3.8, 4) is 12.3 Å². The van der Waals surface area contributed by atoms with Crippen molar-refractivity contribution in [3.05, 3.63) is 29.8 Å². The summed E-state index contributed by atoms with van der Waals surface area (Å²) in [7, 11) is -2.18. The molecule has 0 aromatic heterocycles. The third-order valence-corrected chi connectivity index (χ3v) is 9.45. The summed E-state index contributed by atoms with van der Waals surface area (Å²) >= 11 is 0. The minimum atomic E-state index is -2.00. The van der Waals surface area contributed by atoms with Crippen LogP contribution in [0.1, 0.15) is 5.56 Å². The summed E-state index contributed by atoms with van der Waals surface area (Å²) in [6, 6.07) is 8.08. The summed E-state index contributed by atoms with van der Waals surface area (Å²) in [5.41, 5.74) is 0.904. The second kappa shape index (κ2) is 5.19. The lowest BCUT2D eigenvalue weighted by molar-refractivity contribution is 0.313. The van der Waals surface area contributed by atoms with E-state index in [9.17, 15) is 0 Å². The van der Waals surface area contributed by atoms with E-state index < -0.39 is 16.9 Å². The molecule has 4 heteroatoms. The molecule has 0 bridgehead atoms. The fraction of sp³-hybridized carbons (Fsp3) is 0.385. The number of benzene rings is 1.